The number of hydrogen-bond acceptors (Lipinski definition) is 6. The van der Waals surface area contributed by atoms with Gasteiger partial charge in [-0.2, -0.15) is 0 Å². The van der Waals surface area contributed by atoms with Gasteiger partial charge in [0.05, 0.1) is 52.9 Å². The highest BCUT2D eigenvalue weighted by Gasteiger charge is 1.94. The highest BCUT2D eigenvalue weighted by molar-refractivity contribution is 5.75. The Kier molecular flexibility index (Phi) is 50.0. The second-order valence-corrected chi connectivity index (χ2v) is 4.40. The predicted octanol–water partition coefficient (Wildman–Crippen LogP) is 3.46. The fourth-order valence-corrected chi connectivity index (χ4v) is 1.06. The lowest BCUT2D eigenvalue weighted by molar-refractivity contribution is -0.118. The van der Waals surface area contributed by atoms with Gasteiger partial charge in [-0.1, -0.05) is 48.0 Å². The van der Waals surface area contributed by atoms with E-state index in [0.29, 0.717) is 65.8 Å². The lowest BCUT2D eigenvalue weighted by Gasteiger charge is -2.06. The van der Waals surface area contributed by atoms with Gasteiger partial charge in [-0.05, 0) is 6.92 Å². The Bertz CT molecular complexity index is 204. The molecular weight excluding hydrogens is 322 g/mol. The molecule has 0 atom stereocenters. The van der Waals surface area contributed by atoms with E-state index in [4.69, 9.17) is 24.7 Å². The maximum Gasteiger partial charge on any atom is 0.132 e. The molecule has 2 N–H and O–H groups in total. The second kappa shape index (κ2) is 38.8. The molecular formula is C19H45NO5. The summed E-state index contributed by atoms with van der Waals surface area (Å²) in [5, 5.41) is 0. The van der Waals surface area contributed by atoms with Gasteiger partial charge in [0, 0.05) is 13.0 Å². The van der Waals surface area contributed by atoms with Crippen molar-refractivity contribution in [1.29, 1.82) is 0 Å². The second-order valence-electron chi connectivity index (χ2n) is 4.40. The SMILES string of the molecule is CC.CC.CC(=O)CCOCCOCCOCCOCCN.CCC. The third kappa shape index (κ3) is 51.7. The van der Waals surface area contributed by atoms with Gasteiger partial charge in [-0.3, -0.25) is 4.79 Å². The Hall–Kier alpha value is -0.530. The molecule has 0 aliphatic heterocycles. The zero-order valence-electron chi connectivity index (χ0n) is 17.9. The van der Waals surface area contributed by atoms with Gasteiger partial charge in [0.2, 0.25) is 0 Å². The monoisotopic (exact) mass is 367 g/mol. The van der Waals surface area contributed by atoms with Gasteiger partial charge >= 0.3 is 0 Å². The summed E-state index contributed by atoms with van der Waals surface area (Å²) >= 11 is 0. The molecule has 0 rings (SSSR count). The highest BCUT2D eigenvalue weighted by Crippen LogP contribution is 1.86. The maximum absolute atomic E-state index is 10.6. The molecule has 0 bridgehead atoms. The summed E-state index contributed by atoms with van der Waals surface area (Å²) in [6.45, 7) is 18.6. The van der Waals surface area contributed by atoms with Gasteiger partial charge in [-0.25, -0.2) is 0 Å². The fraction of sp³-hybridized carbons (Fsp3) is 0.947. The van der Waals surface area contributed by atoms with Crippen LogP contribution in [0.15, 0.2) is 0 Å². The number of hydrogen-bond donors (Lipinski definition) is 1. The molecule has 6 heteroatoms. The van der Waals surface area contributed by atoms with Crippen LogP contribution in [0.1, 0.15) is 61.3 Å². The van der Waals surface area contributed by atoms with Crippen LogP contribution in [0.5, 0.6) is 0 Å². The Balaban J connectivity index is -0.000000274. The van der Waals surface area contributed by atoms with Gasteiger partial charge in [-0.15, -0.1) is 0 Å². The first kappa shape index (κ1) is 32.2. The van der Waals surface area contributed by atoms with Crippen molar-refractivity contribution in [3.8, 4) is 0 Å². The van der Waals surface area contributed by atoms with E-state index in [1.807, 2.05) is 27.7 Å². The minimum Gasteiger partial charge on any atom is -0.379 e. The quantitative estimate of drug-likeness (QED) is 0.474. The molecule has 0 radical (unpaired) electrons. The van der Waals surface area contributed by atoms with Crippen LogP contribution in [-0.4, -0.2) is 65.2 Å². The number of nitrogens with two attached hydrogens (primary N) is 1. The Labute approximate surface area is 156 Å². The number of ketones is 1. The van der Waals surface area contributed by atoms with Gasteiger partial charge < -0.3 is 24.7 Å². The van der Waals surface area contributed by atoms with Crippen molar-refractivity contribution in [3.63, 3.8) is 0 Å². The molecule has 0 aromatic carbocycles. The first-order valence-electron chi connectivity index (χ1n) is 9.69. The minimum atomic E-state index is 0.140. The van der Waals surface area contributed by atoms with E-state index < -0.39 is 0 Å². The zero-order chi connectivity index (χ0) is 20.2. The van der Waals surface area contributed by atoms with Gasteiger partial charge in [0.25, 0.3) is 0 Å². The number of carbonyl (C=O) groups is 1. The summed E-state index contributed by atoms with van der Waals surface area (Å²) < 4.78 is 20.9. The summed E-state index contributed by atoms with van der Waals surface area (Å²) in [4.78, 5) is 10.6. The van der Waals surface area contributed by atoms with Crippen LogP contribution in [0.3, 0.4) is 0 Å². The first-order valence-corrected chi connectivity index (χ1v) is 9.69. The van der Waals surface area contributed by atoms with Crippen LogP contribution in [0, 0.1) is 0 Å². The van der Waals surface area contributed by atoms with E-state index in [2.05, 4.69) is 13.8 Å². The smallest absolute Gasteiger partial charge is 0.132 e. The molecule has 0 fully saturated rings. The molecule has 0 saturated carbocycles. The van der Waals surface area contributed by atoms with Crippen molar-refractivity contribution in [2.45, 2.75) is 61.3 Å². The lowest BCUT2D eigenvalue weighted by atomic mass is 10.3. The first-order chi connectivity index (χ1) is 12.2. The number of rotatable bonds is 14. The van der Waals surface area contributed by atoms with Crippen LogP contribution in [0.2, 0.25) is 0 Å². The number of Topliss-reactive ketones (excluding diaryl/α,β-unsaturated/α-hetero) is 1. The molecule has 25 heavy (non-hydrogen) atoms. The molecule has 0 heterocycles. The van der Waals surface area contributed by atoms with Crippen LogP contribution in [-0.2, 0) is 23.7 Å². The van der Waals surface area contributed by atoms with E-state index in [9.17, 15) is 4.79 Å². The van der Waals surface area contributed by atoms with Crippen LogP contribution in [0.25, 0.3) is 0 Å². The third-order valence-electron chi connectivity index (χ3n) is 1.98. The number of carbonyl (C=O) groups excluding carboxylic acids is 1. The summed E-state index contributed by atoms with van der Waals surface area (Å²) in [6, 6.07) is 0. The van der Waals surface area contributed by atoms with E-state index in [0.717, 1.165) is 0 Å². The van der Waals surface area contributed by atoms with Crippen molar-refractivity contribution >= 4 is 5.78 Å². The van der Waals surface area contributed by atoms with Crippen molar-refractivity contribution in [3.05, 3.63) is 0 Å². The molecule has 0 aromatic heterocycles. The highest BCUT2D eigenvalue weighted by atomic mass is 16.6. The van der Waals surface area contributed by atoms with Crippen LogP contribution in [0.4, 0.5) is 0 Å². The topological polar surface area (TPSA) is 80.0 Å². The Morgan fingerprint density at radius 3 is 1.24 bits per heavy atom. The average Bonchev–Trinajstić information content (AvgIpc) is 2.63. The summed E-state index contributed by atoms with van der Waals surface area (Å²) in [7, 11) is 0. The molecule has 156 valence electrons. The van der Waals surface area contributed by atoms with Crippen LogP contribution < -0.4 is 5.73 Å². The van der Waals surface area contributed by atoms with Crippen molar-refractivity contribution < 1.29 is 23.7 Å². The van der Waals surface area contributed by atoms with E-state index in [1.54, 1.807) is 6.92 Å². The number of ether oxygens (including phenoxy) is 4. The molecule has 0 unspecified atom stereocenters. The van der Waals surface area contributed by atoms with Gasteiger partial charge in [0.1, 0.15) is 5.78 Å². The molecule has 0 aliphatic carbocycles. The largest absolute Gasteiger partial charge is 0.379 e. The Morgan fingerprint density at radius 2 is 0.960 bits per heavy atom. The van der Waals surface area contributed by atoms with E-state index >= 15 is 0 Å². The Morgan fingerprint density at radius 1 is 0.680 bits per heavy atom. The average molecular weight is 368 g/mol. The fourth-order valence-electron chi connectivity index (χ4n) is 1.06. The third-order valence-corrected chi connectivity index (χ3v) is 1.98. The molecule has 0 aromatic rings. The predicted molar refractivity (Wildman–Crippen MR) is 106 cm³/mol. The van der Waals surface area contributed by atoms with Gasteiger partial charge in [0.15, 0.2) is 0 Å². The zero-order valence-corrected chi connectivity index (χ0v) is 17.9. The van der Waals surface area contributed by atoms with Crippen molar-refractivity contribution in [2.75, 3.05) is 59.4 Å². The maximum atomic E-state index is 10.6. The van der Waals surface area contributed by atoms with Crippen molar-refractivity contribution in [2.24, 2.45) is 5.73 Å². The molecule has 0 aliphatic rings. The normalized spacial score (nSPS) is 8.96. The standard InChI is InChI=1S/C12H25NO5.C3H8.2C2H6/c1-12(14)2-4-15-6-8-17-10-11-18-9-7-16-5-3-13;1-3-2;2*1-2/h2-11,13H2,1H3;3H2,1-2H3;2*1-2H3. The van der Waals surface area contributed by atoms with E-state index in [1.165, 1.54) is 6.42 Å². The molecule has 0 saturated heterocycles. The lowest BCUT2D eigenvalue weighted by Crippen LogP contribution is -2.14. The molecule has 0 spiro atoms. The van der Waals surface area contributed by atoms with Crippen LogP contribution >= 0.6 is 0 Å². The van der Waals surface area contributed by atoms with E-state index in [-0.39, 0.29) is 5.78 Å². The van der Waals surface area contributed by atoms with Crippen molar-refractivity contribution in [1.82, 2.24) is 0 Å². The molecule has 6 nitrogen and oxygen atoms in total. The summed E-state index contributed by atoms with van der Waals surface area (Å²) in [5.41, 5.74) is 5.26. The summed E-state index contributed by atoms with van der Waals surface area (Å²) in [5.74, 6) is 0.140. The minimum absolute atomic E-state index is 0.140. The summed E-state index contributed by atoms with van der Waals surface area (Å²) in [6.07, 6.45) is 1.71. The molecule has 0 amide bonds.